The van der Waals surface area contributed by atoms with E-state index in [1.54, 1.807) is 30.3 Å². The molecule has 0 aliphatic heterocycles. The number of aliphatic hydroxyl groups excluding tert-OH is 2. The van der Waals surface area contributed by atoms with Gasteiger partial charge in [0.25, 0.3) is 0 Å². The maximum absolute atomic E-state index is 12.2. The van der Waals surface area contributed by atoms with Crippen molar-refractivity contribution in [2.24, 2.45) is 0 Å². The van der Waals surface area contributed by atoms with E-state index in [0.29, 0.717) is 5.56 Å². The van der Waals surface area contributed by atoms with E-state index in [4.69, 9.17) is 10.2 Å². The third kappa shape index (κ3) is 4.83. The van der Waals surface area contributed by atoms with Gasteiger partial charge in [-0.05, 0) is 12.5 Å². The first-order valence-corrected chi connectivity index (χ1v) is 6.53. The number of aliphatic carboxylic acids is 1. The maximum Gasteiger partial charge on any atom is 0.328 e. The Kier molecular flexibility index (Phi) is 6.48. The van der Waals surface area contributed by atoms with Crippen molar-refractivity contribution in [1.29, 1.82) is 0 Å². The highest BCUT2D eigenvalue weighted by atomic mass is 16.4. The van der Waals surface area contributed by atoms with Crippen LogP contribution in [0.1, 0.15) is 18.5 Å². The lowest BCUT2D eigenvalue weighted by molar-refractivity contribution is -0.145. The summed E-state index contributed by atoms with van der Waals surface area (Å²) in [6.45, 7) is 0.415. The van der Waals surface area contributed by atoms with Gasteiger partial charge in [-0.15, -0.1) is 0 Å². The molecule has 0 aliphatic rings. The van der Waals surface area contributed by atoms with Gasteiger partial charge in [0.15, 0.2) is 6.04 Å². The van der Waals surface area contributed by atoms with Gasteiger partial charge in [-0.3, -0.25) is 9.59 Å². The zero-order valence-electron chi connectivity index (χ0n) is 11.9. The summed E-state index contributed by atoms with van der Waals surface area (Å²) in [6, 6.07) is 5.45. The number of rotatable bonds is 7. The van der Waals surface area contributed by atoms with Gasteiger partial charge in [-0.2, -0.15) is 0 Å². The SMILES string of the molecule is CC(O)C(NC(=O)[C@H](NC(=O)CO)c1ccccc1)C(=O)O. The lowest BCUT2D eigenvalue weighted by atomic mass is 10.0. The third-order valence-corrected chi connectivity index (χ3v) is 2.89. The molecule has 3 atom stereocenters. The summed E-state index contributed by atoms with van der Waals surface area (Å²) in [5.41, 5.74) is 0.413. The number of carbonyl (C=O) groups is 3. The first-order valence-electron chi connectivity index (χ1n) is 6.53. The Bertz CT molecular complexity index is 531. The highest BCUT2D eigenvalue weighted by Gasteiger charge is 2.30. The lowest BCUT2D eigenvalue weighted by Crippen LogP contribution is -2.51. The van der Waals surface area contributed by atoms with E-state index in [9.17, 15) is 19.5 Å². The van der Waals surface area contributed by atoms with E-state index < -0.39 is 42.6 Å². The minimum atomic E-state index is -1.51. The first kappa shape index (κ1) is 17.6. The van der Waals surface area contributed by atoms with Crippen molar-refractivity contribution in [3.8, 4) is 0 Å². The molecule has 8 nitrogen and oxygen atoms in total. The van der Waals surface area contributed by atoms with Crippen molar-refractivity contribution in [3.63, 3.8) is 0 Å². The van der Waals surface area contributed by atoms with Crippen LogP contribution in [0.4, 0.5) is 0 Å². The van der Waals surface area contributed by atoms with Crippen molar-refractivity contribution in [3.05, 3.63) is 35.9 Å². The molecule has 0 heterocycles. The average Bonchev–Trinajstić information content (AvgIpc) is 2.49. The molecule has 0 bridgehead atoms. The summed E-state index contributed by atoms with van der Waals surface area (Å²) in [4.78, 5) is 34.6. The van der Waals surface area contributed by atoms with Gasteiger partial charge in [-0.25, -0.2) is 4.79 Å². The Morgan fingerprint density at radius 2 is 1.73 bits per heavy atom. The Labute approximate surface area is 126 Å². The molecule has 0 saturated heterocycles. The summed E-state index contributed by atoms with van der Waals surface area (Å²) in [5.74, 6) is -2.99. The molecule has 0 radical (unpaired) electrons. The molecule has 0 aliphatic carbocycles. The molecule has 2 amide bonds. The fourth-order valence-electron chi connectivity index (χ4n) is 1.78. The number of carboxylic acids is 1. The van der Waals surface area contributed by atoms with E-state index in [1.807, 2.05) is 0 Å². The zero-order valence-corrected chi connectivity index (χ0v) is 11.9. The van der Waals surface area contributed by atoms with Crippen LogP contribution in [0.5, 0.6) is 0 Å². The van der Waals surface area contributed by atoms with Gasteiger partial charge < -0.3 is 26.0 Å². The van der Waals surface area contributed by atoms with Gasteiger partial charge in [-0.1, -0.05) is 30.3 Å². The van der Waals surface area contributed by atoms with Crippen molar-refractivity contribution < 1.29 is 29.7 Å². The predicted molar refractivity (Wildman–Crippen MR) is 75.7 cm³/mol. The number of carbonyl (C=O) groups excluding carboxylic acids is 2. The minimum absolute atomic E-state index is 0.413. The molecule has 0 fully saturated rings. The van der Waals surface area contributed by atoms with Crippen molar-refractivity contribution >= 4 is 17.8 Å². The molecule has 8 heteroatoms. The predicted octanol–water partition coefficient (Wildman–Crippen LogP) is -1.21. The average molecular weight is 310 g/mol. The number of benzene rings is 1. The van der Waals surface area contributed by atoms with Crippen LogP contribution < -0.4 is 10.6 Å². The first-order chi connectivity index (χ1) is 10.4. The quantitative estimate of drug-likeness (QED) is 0.428. The van der Waals surface area contributed by atoms with Gasteiger partial charge >= 0.3 is 5.97 Å². The van der Waals surface area contributed by atoms with E-state index in [2.05, 4.69) is 10.6 Å². The Hall–Kier alpha value is -2.45. The lowest BCUT2D eigenvalue weighted by Gasteiger charge is -2.22. The highest BCUT2D eigenvalue weighted by Crippen LogP contribution is 2.13. The fourth-order valence-corrected chi connectivity index (χ4v) is 1.78. The van der Waals surface area contributed by atoms with Gasteiger partial charge in [0, 0.05) is 0 Å². The highest BCUT2D eigenvalue weighted by molar-refractivity contribution is 5.91. The van der Waals surface area contributed by atoms with Crippen LogP contribution in [0.3, 0.4) is 0 Å². The van der Waals surface area contributed by atoms with E-state index in [0.717, 1.165) is 0 Å². The number of carboxylic acid groups (broad SMARTS) is 1. The summed E-state index contributed by atoms with van der Waals surface area (Å²) >= 11 is 0. The third-order valence-electron chi connectivity index (χ3n) is 2.89. The molecule has 1 rings (SSSR count). The molecule has 0 spiro atoms. The monoisotopic (exact) mass is 310 g/mol. The standard InChI is InChI=1S/C14H18N2O6/c1-8(18)11(14(21)22)16-13(20)12(15-10(19)7-17)9-5-3-2-4-6-9/h2-6,8,11-12,17-18H,7H2,1H3,(H,15,19)(H,16,20)(H,21,22)/t8?,11?,12-/m1/s1. The van der Waals surface area contributed by atoms with Crippen molar-refractivity contribution in [2.45, 2.75) is 25.1 Å². The largest absolute Gasteiger partial charge is 0.480 e. The van der Waals surface area contributed by atoms with Crippen molar-refractivity contribution in [1.82, 2.24) is 10.6 Å². The number of aliphatic hydroxyl groups is 2. The number of nitrogens with one attached hydrogen (secondary N) is 2. The van der Waals surface area contributed by atoms with Gasteiger partial charge in [0.05, 0.1) is 6.10 Å². The van der Waals surface area contributed by atoms with Crippen LogP contribution >= 0.6 is 0 Å². The molecule has 1 aromatic carbocycles. The topological polar surface area (TPSA) is 136 Å². The van der Waals surface area contributed by atoms with Crippen LogP contribution in [0.25, 0.3) is 0 Å². The molecule has 0 aromatic heterocycles. The van der Waals surface area contributed by atoms with Crippen LogP contribution in [0.15, 0.2) is 30.3 Å². The molecule has 5 N–H and O–H groups in total. The number of hydrogen-bond donors (Lipinski definition) is 5. The van der Waals surface area contributed by atoms with Crippen LogP contribution in [-0.4, -0.2) is 51.9 Å². The van der Waals surface area contributed by atoms with Gasteiger partial charge in [0.2, 0.25) is 11.8 Å². The van der Waals surface area contributed by atoms with Crippen molar-refractivity contribution in [2.75, 3.05) is 6.61 Å². The fraction of sp³-hybridized carbons (Fsp3) is 0.357. The summed E-state index contributed by atoms with van der Waals surface area (Å²) in [5, 5.41) is 31.6. The second kappa shape index (κ2) is 8.11. The van der Waals surface area contributed by atoms with E-state index >= 15 is 0 Å². The van der Waals surface area contributed by atoms with E-state index in [1.165, 1.54) is 6.92 Å². The summed E-state index contributed by atoms with van der Waals surface area (Å²) in [6.07, 6.45) is -1.31. The van der Waals surface area contributed by atoms with E-state index in [-0.39, 0.29) is 0 Å². The normalized spacial score (nSPS) is 14.5. The maximum atomic E-state index is 12.2. The zero-order chi connectivity index (χ0) is 16.7. The van der Waals surface area contributed by atoms with Gasteiger partial charge in [0.1, 0.15) is 12.6 Å². The van der Waals surface area contributed by atoms with Crippen LogP contribution in [0, 0.1) is 0 Å². The molecule has 2 unspecified atom stereocenters. The second-order valence-corrected chi connectivity index (χ2v) is 4.63. The minimum Gasteiger partial charge on any atom is -0.480 e. The second-order valence-electron chi connectivity index (χ2n) is 4.63. The smallest absolute Gasteiger partial charge is 0.328 e. The van der Waals surface area contributed by atoms with Crippen LogP contribution in [-0.2, 0) is 14.4 Å². The number of hydrogen-bond acceptors (Lipinski definition) is 5. The van der Waals surface area contributed by atoms with Crippen LogP contribution in [0.2, 0.25) is 0 Å². The summed E-state index contributed by atoms with van der Waals surface area (Å²) in [7, 11) is 0. The molecule has 1 aromatic rings. The number of amides is 2. The molecular weight excluding hydrogens is 292 g/mol. The Morgan fingerprint density at radius 1 is 1.14 bits per heavy atom. The molecule has 0 saturated carbocycles. The molecule has 120 valence electrons. The Morgan fingerprint density at radius 3 is 2.18 bits per heavy atom. The molecule has 22 heavy (non-hydrogen) atoms. The summed E-state index contributed by atoms with van der Waals surface area (Å²) < 4.78 is 0. The molecular formula is C14H18N2O6. The Balaban J connectivity index is 2.98.